The Morgan fingerprint density at radius 1 is 1.23 bits per heavy atom. The van der Waals surface area contributed by atoms with E-state index in [2.05, 4.69) is 0 Å². The van der Waals surface area contributed by atoms with Gasteiger partial charge in [-0.1, -0.05) is 12.1 Å². The number of pyridine rings is 1. The number of nitrogens with one attached hydrogen (secondary N) is 1. The van der Waals surface area contributed by atoms with Crippen LogP contribution in [0, 0.1) is 0 Å². The van der Waals surface area contributed by atoms with E-state index in [0.717, 1.165) is 6.26 Å². The third kappa shape index (κ3) is 3.94. The van der Waals surface area contributed by atoms with Crippen molar-refractivity contribution in [3.63, 3.8) is 0 Å². The smallest absolute Gasteiger partial charge is 0.264 e. The zero-order valence-corrected chi connectivity index (χ0v) is 15.2. The van der Waals surface area contributed by atoms with Crippen LogP contribution in [0.25, 0.3) is 11.1 Å². The van der Waals surface area contributed by atoms with E-state index in [1.54, 1.807) is 18.2 Å². The molecule has 1 aromatic heterocycles. The maximum absolute atomic E-state index is 12.3. The molecule has 140 valence electrons. The van der Waals surface area contributed by atoms with Crippen LogP contribution in [0.2, 0.25) is 0 Å². The van der Waals surface area contributed by atoms with Crippen LogP contribution in [0.3, 0.4) is 0 Å². The summed E-state index contributed by atoms with van der Waals surface area (Å²) < 4.78 is 23.3. The number of nitrogens with zero attached hydrogens (tertiary/aromatic N) is 1. The van der Waals surface area contributed by atoms with Crippen LogP contribution in [-0.4, -0.2) is 40.2 Å². The third-order valence-corrected chi connectivity index (χ3v) is 6.43. The number of hydrogen-bond donors (Lipinski definition) is 3. The van der Waals surface area contributed by atoms with Gasteiger partial charge >= 0.3 is 0 Å². The predicted molar refractivity (Wildman–Crippen MR) is 95.6 cm³/mol. The molecule has 0 aliphatic carbocycles. The zero-order valence-electron chi connectivity index (χ0n) is 14.3. The summed E-state index contributed by atoms with van der Waals surface area (Å²) in [5, 5.41) is 18.3. The fraction of sp³-hybridized carbons (Fsp3) is 0.294. The van der Waals surface area contributed by atoms with Crippen molar-refractivity contribution in [3.05, 3.63) is 52.9 Å². The van der Waals surface area contributed by atoms with Gasteiger partial charge in [0.2, 0.25) is 0 Å². The summed E-state index contributed by atoms with van der Waals surface area (Å²) in [6.07, 6.45) is 2.20. The Balaban J connectivity index is 2.28. The highest BCUT2D eigenvalue weighted by Crippen LogP contribution is 2.23. The van der Waals surface area contributed by atoms with Gasteiger partial charge in [0.1, 0.15) is 5.75 Å². The molecule has 0 radical (unpaired) electrons. The van der Waals surface area contributed by atoms with E-state index in [1.807, 2.05) is 0 Å². The molecule has 0 saturated carbocycles. The van der Waals surface area contributed by atoms with Crippen molar-refractivity contribution < 1.29 is 23.5 Å². The second-order valence-corrected chi connectivity index (χ2v) is 8.64. The van der Waals surface area contributed by atoms with E-state index in [4.69, 9.17) is 5.21 Å². The number of aryl methyl sites for hydroxylation is 1. The molecule has 9 heteroatoms. The number of rotatable bonds is 6. The Labute approximate surface area is 150 Å². The van der Waals surface area contributed by atoms with Crippen molar-refractivity contribution in [1.82, 2.24) is 10.0 Å². The summed E-state index contributed by atoms with van der Waals surface area (Å²) >= 11 is 0. The topological polar surface area (TPSA) is 126 Å². The molecule has 1 unspecified atom stereocenters. The first-order chi connectivity index (χ1) is 12.1. The molecule has 1 aromatic carbocycles. The van der Waals surface area contributed by atoms with Crippen LogP contribution in [0.15, 0.2) is 47.4 Å². The normalized spacial score (nSPS) is 13.8. The fourth-order valence-electron chi connectivity index (χ4n) is 2.48. The lowest BCUT2D eigenvalue weighted by Gasteiger charge is -2.25. The number of aromatic nitrogens is 1. The minimum Gasteiger partial charge on any atom is -0.508 e. The number of carbonyl (C=O) groups is 1. The molecule has 1 atom stereocenters. The van der Waals surface area contributed by atoms with Gasteiger partial charge in [-0.25, -0.2) is 13.9 Å². The standard InChI is InChI=1S/C17H20N2O6S/c1-17(16(22)18-23,26(2,24)25)7-9-19-8-6-13(11-15(19)21)12-4-3-5-14(20)10-12/h3-6,8,10-11,20,23H,7,9H2,1-2H3,(H,18,22). The van der Waals surface area contributed by atoms with Crippen LogP contribution in [0.5, 0.6) is 5.75 Å². The van der Waals surface area contributed by atoms with E-state index in [-0.39, 0.29) is 24.3 Å². The fourth-order valence-corrected chi connectivity index (χ4v) is 3.32. The van der Waals surface area contributed by atoms with Crippen molar-refractivity contribution in [2.24, 2.45) is 0 Å². The quantitative estimate of drug-likeness (QED) is 0.505. The lowest BCUT2D eigenvalue weighted by atomic mass is 10.1. The van der Waals surface area contributed by atoms with E-state index < -0.39 is 20.5 Å². The molecule has 0 fully saturated rings. The number of phenolic OH excluding ortho intramolecular Hbond substituents is 1. The second kappa shape index (κ2) is 7.30. The molecule has 0 aliphatic heterocycles. The molecule has 0 spiro atoms. The summed E-state index contributed by atoms with van der Waals surface area (Å²) in [5.74, 6) is -0.977. The number of benzene rings is 1. The van der Waals surface area contributed by atoms with Crippen LogP contribution < -0.4 is 11.0 Å². The number of aromatic hydroxyl groups is 1. The van der Waals surface area contributed by atoms with Crippen LogP contribution in [-0.2, 0) is 21.2 Å². The Kier molecular flexibility index (Phi) is 5.53. The summed E-state index contributed by atoms with van der Waals surface area (Å²) in [4.78, 5) is 24.1. The Morgan fingerprint density at radius 2 is 1.88 bits per heavy atom. The number of phenols is 1. The Hall–Kier alpha value is -2.65. The van der Waals surface area contributed by atoms with E-state index >= 15 is 0 Å². The van der Waals surface area contributed by atoms with Crippen molar-refractivity contribution in [2.45, 2.75) is 24.6 Å². The molecular weight excluding hydrogens is 360 g/mol. The van der Waals surface area contributed by atoms with Crippen LogP contribution in [0.1, 0.15) is 13.3 Å². The highest BCUT2D eigenvalue weighted by molar-refractivity contribution is 7.92. The van der Waals surface area contributed by atoms with Crippen LogP contribution in [0.4, 0.5) is 0 Å². The van der Waals surface area contributed by atoms with Gasteiger partial charge in [0.25, 0.3) is 11.5 Å². The first-order valence-electron chi connectivity index (χ1n) is 7.72. The second-order valence-electron chi connectivity index (χ2n) is 6.19. The highest BCUT2D eigenvalue weighted by Gasteiger charge is 2.43. The van der Waals surface area contributed by atoms with Gasteiger partial charge in [-0.3, -0.25) is 14.8 Å². The van der Waals surface area contributed by atoms with E-state index in [0.29, 0.717) is 11.1 Å². The number of hydroxylamine groups is 1. The SMILES string of the molecule is CC(CCn1ccc(-c2cccc(O)c2)cc1=O)(C(=O)NO)S(C)(=O)=O. The number of carbonyl (C=O) groups excluding carboxylic acids is 1. The molecule has 0 aliphatic rings. The van der Waals surface area contributed by atoms with E-state index in [9.17, 15) is 23.1 Å². The van der Waals surface area contributed by atoms with Gasteiger partial charge in [0.15, 0.2) is 14.6 Å². The van der Waals surface area contributed by atoms with Crippen molar-refractivity contribution >= 4 is 15.7 Å². The molecule has 26 heavy (non-hydrogen) atoms. The van der Waals surface area contributed by atoms with Crippen molar-refractivity contribution in [3.8, 4) is 16.9 Å². The molecule has 2 aromatic rings. The Morgan fingerprint density at radius 3 is 2.42 bits per heavy atom. The van der Waals surface area contributed by atoms with E-state index in [1.165, 1.54) is 41.4 Å². The maximum atomic E-state index is 12.3. The predicted octanol–water partition coefficient (Wildman–Crippen LogP) is 0.920. The summed E-state index contributed by atoms with van der Waals surface area (Å²) in [7, 11) is -3.83. The maximum Gasteiger partial charge on any atom is 0.264 e. The molecule has 0 saturated heterocycles. The minimum absolute atomic E-state index is 0.0316. The Bertz CT molecular complexity index is 983. The van der Waals surface area contributed by atoms with Gasteiger partial charge in [-0.2, -0.15) is 0 Å². The van der Waals surface area contributed by atoms with Gasteiger partial charge < -0.3 is 9.67 Å². The molecule has 1 amide bonds. The summed E-state index contributed by atoms with van der Waals surface area (Å²) in [5.41, 5.74) is 2.25. The minimum atomic E-state index is -3.83. The number of hydrogen-bond acceptors (Lipinski definition) is 6. The van der Waals surface area contributed by atoms with Gasteiger partial charge in [-0.05, 0) is 42.7 Å². The average molecular weight is 380 g/mol. The molecule has 8 nitrogen and oxygen atoms in total. The molecule has 0 bridgehead atoms. The zero-order chi connectivity index (χ0) is 19.5. The number of sulfone groups is 1. The van der Waals surface area contributed by atoms with Gasteiger partial charge in [0, 0.05) is 25.1 Å². The molecule has 2 rings (SSSR count). The third-order valence-electron chi connectivity index (χ3n) is 4.41. The van der Waals surface area contributed by atoms with Gasteiger partial charge in [-0.15, -0.1) is 0 Å². The first-order valence-corrected chi connectivity index (χ1v) is 9.61. The lowest BCUT2D eigenvalue weighted by Crippen LogP contribution is -2.49. The number of amides is 1. The van der Waals surface area contributed by atoms with Gasteiger partial charge in [0.05, 0.1) is 0 Å². The molecule has 1 heterocycles. The molecule has 3 N–H and O–H groups in total. The highest BCUT2D eigenvalue weighted by atomic mass is 32.2. The van der Waals surface area contributed by atoms with Crippen LogP contribution >= 0.6 is 0 Å². The molecular formula is C17H20N2O6S. The first kappa shape index (κ1) is 19.7. The summed E-state index contributed by atoms with van der Waals surface area (Å²) in [6, 6.07) is 9.44. The average Bonchev–Trinajstić information content (AvgIpc) is 2.58. The van der Waals surface area contributed by atoms with Crippen molar-refractivity contribution in [1.29, 1.82) is 0 Å². The largest absolute Gasteiger partial charge is 0.508 e. The van der Waals surface area contributed by atoms with Crippen molar-refractivity contribution in [2.75, 3.05) is 6.26 Å². The lowest BCUT2D eigenvalue weighted by molar-refractivity contribution is -0.131. The monoisotopic (exact) mass is 380 g/mol. The summed E-state index contributed by atoms with van der Waals surface area (Å²) in [6.45, 7) is 1.16.